The summed E-state index contributed by atoms with van der Waals surface area (Å²) in [4.78, 5) is 2.56. The van der Waals surface area contributed by atoms with Crippen molar-refractivity contribution in [1.29, 1.82) is 0 Å². The highest BCUT2D eigenvalue weighted by atomic mass is 32.2. The highest BCUT2D eigenvalue weighted by Gasteiger charge is 2.49. The number of aryl methyl sites for hydroxylation is 1. The quantitative estimate of drug-likeness (QED) is 0.758. The lowest BCUT2D eigenvalue weighted by atomic mass is 9.77. The van der Waals surface area contributed by atoms with Gasteiger partial charge in [0.1, 0.15) is 5.03 Å². The van der Waals surface area contributed by atoms with E-state index in [4.69, 9.17) is 4.74 Å². The maximum Gasteiger partial charge on any atom is 0.435 e. The van der Waals surface area contributed by atoms with Gasteiger partial charge in [0.2, 0.25) is 0 Å². The van der Waals surface area contributed by atoms with E-state index in [1.807, 2.05) is 0 Å². The lowest BCUT2D eigenvalue weighted by molar-refractivity contribution is -0.141. The van der Waals surface area contributed by atoms with Gasteiger partial charge in [-0.15, -0.1) is 0 Å². The van der Waals surface area contributed by atoms with Gasteiger partial charge in [-0.05, 0) is 31.2 Å². The zero-order valence-corrected chi connectivity index (χ0v) is 15.1. The average Bonchev–Trinajstić information content (AvgIpc) is 3.11. The number of nitrogens with zero attached hydrogens (tertiary/aromatic N) is 4. The summed E-state index contributed by atoms with van der Waals surface area (Å²) in [5.74, 6) is 0. The summed E-state index contributed by atoms with van der Waals surface area (Å²) in [7, 11) is 1.57. The van der Waals surface area contributed by atoms with Crippen molar-refractivity contribution >= 4 is 11.9 Å². The van der Waals surface area contributed by atoms with E-state index in [2.05, 4.69) is 14.3 Å². The predicted molar refractivity (Wildman–Crippen MR) is 88.1 cm³/mol. The molecule has 4 rings (SSSR count). The molecule has 3 saturated heterocycles. The molecule has 0 radical (unpaired) electrons. The first kappa shape index (κ1) is 17.6. The van der Waals surface area contributed by atoms with Crippen molar-refractivity contribution in [3.63, 3.8) is 0 Å². The minimum absolute atomic E-state index is 0.316. The molecule has 0 atom stereocenters. The second kappa shape index (κ2) is 6.44. The van der Waals surface area contributed by atoms with Crippen LogP contribution in [0.15, 0.2) is 11.1 Å². The lowest BCUT2D eigenvalue weighted by Gasteiger charge is -2.52. The van der Waals surface area contributed by atoms with Crippen molar-refractivity contribution in [3.8, 4) is 0 Å². The highest BCUT2D eigenvalue weighted by Crippen LogP contribution is 2.45. The fraction of sp³-hybridized carbons (Fsp3) is 0.812. The van der Waals surface area contributed by atoms with Gasteiger partial charge < -0.3 is 4.74 Å². The Bertz CT molecular complexity index is 623. The summed E-state index contributed by atoms with van der Waals surface area (Å²) in [6.07, 6.45) is -1.04. The van der Waals surface area contributed by atoms with Crippen LogP contribution in [0, 0.1) is 5.41 Å². The van der Waals surface area contributed by atoms with Gasteiger partial charge in [-0.25, -0.2) is 4.31 Å². The molecule has 0 N–H and O–H groups in total. The molecule has 0 aromatic carbocycles. The molecule has 9 heteroatoms. The second-order valence-corrected chi connectivity index (χ2v) is 8.56. The third kappa shape index (κ3) is 3.56. The Balaban J connectivity index is 1.32. The first-order valence-electron chi connectivity index (χ1n) is 8.71. The van der Waals surface area contributed by atoms with E-state index in [0.29, 0.717) is 16.5 Å². The summed E-state index contributed by atoms with van der Waals surface area (Å²) in [6.45, 7) is 5.78. The van der Waals surface area contributed by atoms with Gasteiger partial charge in [-0.2, -0.15) is 18.3 Å². The zero-order valence-electron chi connectivity index (χ0n) is 14.3. The van der Waals surface area contributed by atoms with E-state index in [-0.39, 0.29) is 0 Å². The highest BCUT2D eigenvalue weighted by molar-refractivity contribution is 7.97. The van der Waals surface area contributed by atoms with Gasteiger partial charge in [-0.1, -0.05) is 0 Å². The first-order valence-corrected chi connectivity index (χ1v) is 9.48. The summed E-state index contributed by atoms with van der Waals surface area (Å²) in [5, 5.41) is 4.14. The fourth-order valence-corrected chi connectivity index (χ4v) is 5.27. The Hall–Kier alpha value is -0.770. The minimum atomic E-state index is -4.39. The van der Waals surface area contributed by atoms with Gasteiger partial charge in [-0.3, -0.25) is 9.58 Å². The molecule has 3 aliphatic heterocycles. The van der Waals surface area contributed by atoms with Crippen LogP contribution in [0.1, 0.15) is 25.0 Å². The fourth-order valence-electron chi connectivity index (χ4n) is 4.16. The van der Waals surface area contributed by atoms with Crippen molar-refractivity contribution in [2.45, 2.75) is 36.5 Å². The van der Waals surface area contributed by atoms with E-state index in [1.54, 1.807) is 7.05 Å². The van der Waals surface area contributed by atoms with Crippen LogP contribution in [0.2, 0.25) is 0 Å². The van der Waals surface area contributed by atoms with Crippen LogP contribution in [-0.4, -0.2) is 64.4 Å². The molecule has 0 amide bonds. The molecule has 3 aliphatic rings. The Morgan fingerprint density at radius 3 is 2.60 bits per heavy atom. The topological polar surface area (TPSA) is 33.5 Å². The van der Waals surface area contributed by atoms with Crippen LogP contribution in [0.4, 0.5) is 13.2 Å². The monoisotopic (exact) mass is 376 g/mol. The Kier molecular flexibility index (Phi) is 4.54. The van der Waals surface area contributed by atoms with Gasteiger partial charge >= 0.3 is 6.18 Å². The molecule has 25 heavy (non-hydrogen) atoms. The van der Waals surface area contributed by atoms with Gasteiger partial charge in [0.05, 0.1) is 0 Å². The number of halogens is 3. The molecule has 1 aromatic rings. The Morgan fingerprint density at radius 2 is 1.96 bits per heavy atom. The number of likely N-dealkylation sites (tertiary alicyclic amines) is 1. The van der Waals surface area contributed by atoms with E-state index in [0.717, 1.165) is 64.7 Å². The molecule has 0 aliphatic carbocycles. The van der Waals surface area contributed by atoms with E-state index >= 15 is 0 Å². The summed E-state index contributed by atoms with van der Waals surface area (Å²) >= 11 is 1.40. The van der Waals surface area contributed by atoms with Crippen molar-refractivity contribution < 1.29 is 17.9 Å². The SMILES string of the molecule is Cn1nc(C(F)(F)F)cc1SN1CCC2(C1)CN(C1CCOCC1)C2. The van der Waals surface area contributed by atoms with Crippen molar-refractivity contribution in [3.05, 3.63) is 11.8 Å². The smallest absolute Gasteiger partial charge is 0.381 e. The molecule has 0 bridgehead atoms. The third-order valence-corrected chi connectivity index (χ3v) is 6.68. The average molecular weight is 376 g/mol. The molecule has 5 nitrogen and oxygen atoms in total. The first-order chi connectivity index (χ1) is 11.8. The van der Waals surface area contributed by atoms with E-state index < -0.39 is 11.9 Å². The van der Waals surface area contributed by atoms with Crippen LogP contribution in [0.25, 0.3) is 0 Å². The minimum Gasteiger partial charge on any atom is -0.381 e. The second-order valence-electron chi connectivity index (χ2n) is 7.44. The van der Waals surface area contributed by atoms with Crippen LogP contribution < -0.4 is 0 Å². The Labute approximate surface area is 149 Å². The Morgan fingerprint density at radius 1 is 1.24 bits per heavy atom. The van der Waals surface area contributed by atoms with Crippen molar-refractivity contribution in [2.75, 3.05) is 39.4 Å². The van der Waals surface area contributed by atoms with Crippen molar-refractivity contribution in [2.24, 2.45) is 12.5 Å². The summed E-state index contributed by atoms with van der Waals surface area (Å²) in [5.41, 5.74) is -0.503. The molecule has 4 heterocycles. The number of rotatable bonds is 3. The van der Waals surface area contributed by atoms with Gasteiger partial charge in [0.15, 0.2) is 5.69 Å². The number of hydrogen-bond acceptors (Lipinski definition) is 5. The normalized spacial score (nSPS) is 25.6. The maximum atomic E-state index is 12.8. The van der Waals surface area contributed by atoms with E-state index in [9.17, 15) is 13.2 Å². The molecule has 140 valence electrons. The molecule has 0 saturated carbocycles. The molecular formula is C16H23F3N4OS. The largest absolute Gasteiger partial charge is 0.435 e. The van der Waals surface area contributed by atoms with Crippen LogP contribution in [0.5, 0.6) is 0 Å². The number of aromatic nitrogens is 2. The molecule has 1 aromatic heterocycles. The van der Waals surface area contributed by atoms with Crippen LogP contribution in [0.3, 0.4) is 0 Å². The van der Waals surface area contributed by atoms with Crippen LogP contribution in [-0.2, 0) is 18.0 Å². The van der Waals surface area contributed by atoms with Crippen LogP contribution >= 0.6 is 11.9 Å². The third-order valence-electron chi connectivity index (χ3n) is 5.54. The molecule has 3 fully saturated rings. The molecule has 0 unspecified atom stereocenters. The molecule has 1 spiro atoms. The van der Waals surface area contributed by atoms with Gasteiger partial charge in [0, 0.05) is 64.0 Å². The maximum absolute atomic E-state index is 12.8. The predicted octanol–water partition coefficient (Wildman–Crippen LogP) is 2.63. The van der Waals surface area contributed by atoms with Gasteiger partial charge in [0.25, 0.3) is 0 Å². The molecular weight excluding hydrogens is 353 g/mol. The van der Waals surface area contributed by atoms with Crippen molar-refractivity contribution in [1.82, 2.24) is 19.0 Å². The number of hydrogen-bond donors (Lipinski definition) is 0. The standard InChI is InChI=1S/C16H23F3N4OS/c1-21-14(8-13(20-21)16(17,18)19)25-23-5-4-15(11-23)9-22(10-15)12-2-6-24-7-3-12/h8,12H,2-7,9-11H2,1H3. The summed E-state index contributed by atoms with van der Waals surface area (Å²) in [6, 6.07) is 1.79. The summed E-state index contributed by atoms with van der Waals surface area (Å²) < 4.78 is 47.3. The number of ether oxygens (including phenoxy) is 1. The number of alkyl halides is 3. The van der Waals surface area contributed by atoms with E-state index in [1.165, 1.54) is 16.6 Å². The zero-order chi connectivity index (χ0) is 17.7. The lowest BCUT2D eigenvalue weighted by Crippen LogP contribution is -2.61.